The third kappa shape index (κ3) is 2.54. The number of benzene rings is 1. The van der Waals surface area contributed by atoms with Crippen LogP contribution in [0.4, 0.5) is 5.69 Å². The molecule has 2 N–H and O–H groups in total. The Morgan fingerprint density at radius 3 is 2.95 bits per heavy atom. The van der Waals surface area contributed by atoms with E-state index < -0.39 is 0 Å². The zero-order valence-corrected chi connectivity index (χ0v) is 12.4. The number of carbonyl (C=O) groups excluding carboxylic acids is 1. The minimum Gasteiger partial charge on any atom is -0.399 e. The SMILES string of the molecule is Nc1ccc2c(c1)C(=O)N(Cc1cncc(Br)c1)CC2. The van der Waals surface area contributed by atoms with E-state index in [1.165, 1.54) is 0 Å². The molecule has 0 atom stereocenters. The van der Waals surface area contributed by atoms with Crippen LogP contribution in [0.15, 0.2) is 41.1 Å². The lowest BCUT2D eigenvalue weighted by atomic mass is 9.98. The van der Waals surface area contributed by atoms with Crippen LogP contribution in [0.2, 0.25) is 0 Å². The summed E-state index contributed by atoms with van der Waals surface area (Å²) < 4.78 is 0.920. The number of pyridine rings is 1. The largest absolute Gasteiger partial charge is 0.399 e. The number of nitrogen functional groups attached to an aromatic ring is 1. The van der Waals surface area contributed by atoms with Crippen molar-refractivity contribution in [2.24, 2.45) is 0 Å². The van der Waals surface area contributed by atoms with Crippen LogP contribution in [0.25, 0.3) is 0 Å². The molecule has 0 radical (unpaired) electrons. The summed E-state index contributed by atoms with van der Waals surface area (Å²) in [5, 5.41) is 0. The molecule has 1 aromatic carbocycles. The molecule has 0 unspecified atom stereocenters. The van der Waals surface area contributed by atoms with Crippen LogP contribution >= 0.6 is 15.9 Å². The molecule has 3 rings (SSSR count). The molecule has 4 nitrogen and oxygen atoms in total. The van der Waals surface area contributed by atoms with Crippen molar-refractivity contribution in [3.63, 3.8) is 0 Å². The Labute approximate surface area is 125 Å². The molecule has 0 spiro atoms. The van der Waals surface area contributed by atoms with Gasteiger partial charge in [0.2, 0.25) is 0 Å². The first kappa shape index (κ1) is 13.1. The molecule has 0 bridgehead atoms. The van der Waals surface area contributed by atoms with Crippen LogP contribution in [0.3, 0.4) is 0 Å². The summed E-state index contributed by atoms with van der Waals surface area (Å²) in [5.41, 5.74) is 9.21. The maximum Gasteiger partial charge on any atom is 0.254 e. The van der Waals surface area contributed by atoms with Crippen LogP contribution < -0.4 is 5.73 Å². The zero-order valence-electron chi connectivity index (χ0n) is 10.8. The fourth-order valence-electron chi connectivity index (χ4n) is 2.45. The van der Waals surface area contributed by atoms with Gasteiger partial charge in [0.15, 0.2) is 0 Å². The number of hydrogen-bond acceptors (Lipinski definition) is 3. The molecular formula is C15H14BrN3O. The van der Waals surface area contributed by atoms with Gasteiger partial charge in [0.1, 0.15) is 0 Å². The maximum absolute atomic E-state index is 12.5. The molecule has 1 aliphatic heterocycles. The number of fused-ring (bicyclic) bond motifs is 1. The average Bonchev–Trinajstić information content (AvgIpc) is 2.43. The van der Waals surface area contributed by atoms with Gasteiger partial charge in [-0.2, -0.15) is 0 Å². The monoisotopic (exact) mass is 331 g/mol. The van der Waals surface area contributed by atoms with E-state index in [4.69, 9.17) is 5.73 Å². The number of carbonyl (C=O) groups is 1. The van der Waals surface area contributed by atoms with Gasteiger partial charge in [0.25, 0.3) is 5.91 Å². The van der Waals surface area contributed by atoms with E-state index in [1.54, 1.807) is 18.5 Å². The Kier molecular flexibility index (Phi) is 3.44. The topological polar surface area (TPSA) is 59.2 Å². The molecule has 20 heavy (non-hydrogen) atoms. The van der Waals surface area contributed by atoms with Crippen LogP contribution in [0.1, 0.15) is 21.5 Å². The van der Waals surface area contributed by atoms with Crippen molar-refractivity contribution >= 4 is 27.5 Å². The molecule has 0 fully saturated rings. The van der Waals surface area contributed by atoms with Gasteiger partial charge in [-0.25, -0.2) is 0 Å². The highest BCUT2D eigenvalue weighted by Crippen LogP contribution is 2.23. The summed E-state index contributed by atoms with van der Waals surface area (Å²) in [6.07, 6.45) is 4.38. The number of halogens is 1. The standard InChI is InChI=1S/C15H14BrN3O/c16-12-5-10(7-18-8-12)9-19-4-3-11-1-2-13(17)6-14(11)15(19)20/h1-2,5-8H,3-4,9,17H2. The van der Waals surface area contributed by atoms with E-state index in [1.807, 2.05) is 23.1 Å². The fourth-order valence-corrected chi connectivity index (χ4v) is 2.86. The third-order valence-corrected chi connectivity index (χ3v) is 3.87. The predicted octanol–water partition coefficient (Wildman–Crippen LogP) is 2.62. The minimum atomic E-state index is 0.0403. The highest BCUT2D eigenvalue weighted by atomic mass is 79.9. The lowest BCUT2D eigenvalue weighted by Gasteiger charge is -2.28. The zero-order chi connectivity index (χ0) is 14.1. The highest BCUT2D eigenvalue weighted by Gasteiger charge is 2.24. The van der Waals surface area contributed by atoms with Crippen molar-refractivity contribution in [1.82, 2.24) is 9.88 Å². The van der Waals surface area contributed by atoms with Gasteiger partial charge in [-0.3, -0.25) is 9.78 Å². The minimum absolute atomic E-state index is 0.0403. The predicted molar refractivity (Wildman–Crippen MR) is 81.2 cm³/mol. The summed E-state index contributed by atoms with van der Waals surface area (Å²) in [6.45, 7) is 1.29. The average molecular weight is 332 g/mol. The van der Waals surface area contributed by atoms with Crippen LogP contribution in [0, 0.1) is 0 Å². The highest BCUT2D eigenvalue weighted by molar-refractivity contribution is 9.10. The lowest BCUT2D eigenvalue weighted by molar-refractivity contribution is 0.0727. The first-order valence-corrected chi connectivity index (χ1v) is 7.20. The van der Waals surface area contributed by atoms with E-state index in [2.05, 4.69) is 20.9 Å². The Hall–Kier alpha value is -1.88. The molecule has 0 saturated carbocycles. The van der Waals surface area contributed by atoms with Crippen molar-refractivity contribution in [3.05, 3.63) is 57.8 Å². The number of aromatic nitrogens is 1. The van der Waals surface area contributed by atoms with Gasteiger partial charge in [0.05, 0.1) is 0 Å². The summed E-state index contributed by atoms with van der Waals surface area (Å²) >= 11 is 3.39. The van der Waals surface area contributed by atoms with Gasteiger partial charge < -0.3 is 10.6 Å². The Bertz CT molecular complexity index is 672. The molecule has 1 amide bonds. The number of rotatable bonds is 2. The number of nitrogens with two attached hydrogens (primary N) is 1. The number of hydrogen-bond donors (Lipinski definition) is 1. The molecule has 1 aliphatic rings. The molecule has 0 aliphatic carbocycles. The number of anilines is 1. The second-order valence-corrected chi connectivity index (χ2v) is 5.82. The number of nitrogens with zero attached hydrogens (tertiary/aromatic N) is 2. The molecular weight excluding hydrogens is 318 g/mol. The van der Waals surface area contributed by atoms with E-state index >= 15 is 0 Å². The molecule has 1 aromatic heterocycles. The normalized spacial score (nSPS) is 14.2. The summed E-state index contributed by atoms with van der Waals surface area (Å²) in [6, 6.07) is 7.54. The van der Waals surface area contributed by atoms with Crippen LogP contribution in [-0.2, 0) is 13.0 Å². The summed E-state index contributed by atoms with van der Waals surface area (Å²) in [4.78, 5) is 18.5. The second kappa shape index (κ2) is 5.25. The van der Waals surface area contributed by atoms with Gasteiger partial charge in [0, 0.05) is 41.2 Å². The first-order chi connectivity index (χ1) is 9.63. The quantitative estimate of drug-likeness (QED) is 0.860. The molecule has 2 heterocycles. The van der Waals surface area contributed by atoms with Gasteiger partial charge in [-0.05, 0) is 51.7 Å². The van der Waals surface area contributed by atoms with Crippen molar-refractivity contribution in [3.8, 4) is 0 Å². The number of amides is 1. The Balaban J connectivity index is 1.85. The Morgan fingerprint density at radius 1 is 1.30 bits per heavy atom. The second-order valence-electron chi connectivity index (χ2n) is 4.90. The van der Waals surface area contributed by atoms with E-state index in [0.29, 0.717) is 12.2 Å². The molecule has 0 saturated heterocycles. The van der Waals surface area contributed by atoms with Gasteiger partial charge >= 0.3 is 0 Å². The fraction of sp³-hybridized carbons (Fsp3) is 0.200. The van der Waals surface area contributed by atoms with E-state index in [0.717, 1.165) is 34.1 Å². The molecule has 2 aromatic rings. The summed E-state index contributed by atoms with van der Waals surface area (Å²) in [5.74, 6) is 0.0403. The van der Waals surface area contributed by atoms with Crippen LogP contribution in [-0.4, -0.2) is 22.3 Å². The van der Waals surface area contributed by atoms with Crippen molar-refractivity contribution in [2.75, 3.05) is 12.3 Å². The third-order valence-electron chi connectivity index (χ3n) is 3.44. The van der Waals surface area contributed by atoms with Crippen molar-refractivity contribution < 1.29 is 4.79 Å². The van der Waals surface area contributed by atoms with E-state index in [-0.39, 0.29) is 5.91 Å². The maximum atomic E-state index is 12.5. The van der Waals surface area contributed by atoms with Crippen LogP contribution in [0.5, 0.6) is 0 Å². The van der Waals surface area contributed by atoms with Gasteiger partial charge in [-0.15, -0.1) is 0 Å². The first-order valence-electron chi connectivity index (χ1n) is 6.40. The van der Waals surface area contributed by atoms with E-state index in [9.17, 15) is 4.79 Å². The van der Waals surface area contributed by atoms with Crippen molar-refractivity contribution in [2.45, 2.75) is 13.0 Å². The molecule has 5 heteroatoms. The summed E-state index contributed by atoms with van der Waals surface area (Å²) in [7, 11) is 0. The smallest absolute Gasteiger partial charge is 0.254 e. The lowest BCUT2D eigenvalue weighted by Crippen LogP contribution is -2.37. The van der Waals surface area contributed by atoms with Crippen molar-refractivity contribution in [1.29, 1.82) is 0 Å². The molecule has 102 valence electrons. The Morgan fingerprint density at radius 2 is 2.15 bits per heavy atom. The van der Waals surface area contributed by atoms with Gasteiger partial charge in [-0.1, -0.05) is 6.07 Å².